The number of piperidine rings is 1. The summed E-state index contributed by atoms with van der Waals surface area (Å²) < 4.78 is 2.18. The fourth-order valence-corrected chi connectivity index (χ4v) is 4.12. The predicted molar refractivity (Wildman–Crippen MR) is 97.8 cm³/mol. The standard InChI is InChI=1S/C19H20N4OS/c24-19(17-6-3-11-25-17)23-9-2-5-16(14-23)18-21-8-10-22(18)13-15-4-1-7-20-12-15/h1,3-4,6-8,10-12,16H,2,5,9,13-14H2/t16-/m0/s1. The van der Waals surface area contributed by atoms with Gasteiger partial charge in [-0.2, -0.15) is 0 Å². The van der Waals surface area contributed by atoms with E-state index in [0.29, 0.717) is 0 Å². The SMILES string of the molecule is O=C(c1cccs1)N1CCC[C@H](c2nccn2Cc2cccnc2)C1. The molecule has 0 aliphatic carbocycles. The molecule has 1 fully saturated rings. The molecule has 1 amide bonds. The Morgan fingerprint density at radius 3 is 3.04 bits per heavy atom. The lowest BCUT2D eigenvalue weighted by Crippen LogP contribution is -2.39. The van der Waals surface area contributed by atoms with Crippen LogP contribution in [0.2, 0.25) is 0 Å². The second-order valence-electron chi connectivity index (χ2n) is 6.34. The van der Waals surface area contributed by atoms with Gasteiger partial charge in [0.1, 0.15) is 5.82 Å². The molecule has 0 saturated carbocycles. The first-order chi connectivity index (χ1) is 12.3. The largest absolute Gasteiger partial charge is 0.337 e. The van der Waals surface area contributed by atoms with Crippen molar-refractivity contribution in [3.8, 4) is 0 Å². The summed E-state index contributed by atoms with van der Waals surface area (Å²) >= 11 is 1.51. The normalized spacial score (nSPS) is 17.6. The van der Waals surface area contributed by atoms with E-state index in [2.05, 4.69) is 20.6 Å². The van der Waals surface area contributed by atoms with Crippen molar-refractivity contribution in [2.24, 2.45) is 0 Å². The lowest BCUT2D eigenvalue weighted by molar-refractivity contribution is 0.0708. The number of rotatable bonds is 4. The van der Waals surface area contributed by atoms with Crippen molar-refractivity contribution in [1.29, 1.82) is 0 Å². The van der Waals surface area contributed by atoms with Crippen molar-refractivity contribution < 1.29 is 4.79 Å². The van der Waals surface area contributed by atoms with Crippen LogP contribution in [-0.4, -0.2) is 38.4 Å². The molecule has 0 unspecified atom stereocenters. The molecule has 0 spiro atoms. The zero-order chi connectivity index (χ0) is 17.1. The van der Waals surface area contributed by atoms with E-state index in [1.165, 1.54) is 11.3 Å². The molecular weight excluding hydrogens is 332 g/mol. The number of carbonyl (C=O) groups excluding carboxylic acids is 1. The number of nitrogens with zero attached hydrogens (tertiary/aromatic N) is 4. The van der Waals surface area contributed by atoms with E-state index in [1.807, 2.05) is 47.1 Å². The number of imidazole rings is 1. The van der Waals surface area contributed by atoms with Gasteiger partial charge in [-0.25, -0.2) is 4.98 Å². The van der Waals surface area contributed by atoms with E-state index < -0.39 is 0 Å². The van der Waals surface area contributed by atoms with Gasteiger partial charge < -0.3 is 9.47 Å². The lowest BCUT2D eigenvalue weighted by atomic mass is 9.97. The molecule has 5 nitrogen and oxygen atoms in total. The Bertz CT molecular complexity index is 828. The van der Waals surface area contributed by atoms with Crippen LogP contribution in [0.25, 0.3) is 0 Å². The second kappa shape index (κ2) is 7.19. The summed E-state index contributed by atoms with van der Waals surface area (Å²) in [5.41, 5.74) is 1.16. The van der Waals surface area contributed by atoms with Gasteiger partial charge in [-0.05, 0) is 35.9 Å². The zero-order valence-corrected chi connectivity index (χ0v) is 14.7. The topological polar surface area (TPSA) is 51.0 Å². The molecule has 3 aromatic heterocycles. The number of amides is 1. The van der Waals surface area contributed by atoms with Gasteiger partial charge in [0.05, 0.1) is 11.4 Å². The highest BCUT2D eigenvalue weighted by Gasteiger charge is 2.28. The minimum Gasteiger partial charge on any atom is -0.337 e. The molecule has 4 rings (SSSR count). The summed E-state index contributed by atoms with van der Waals surface area (Å²) in [5, 5.41) is 1.95. The van der Waals surface area contributed by atoms with Gasteiger partial charge in [0.2, 0.25) is 0 Å². The Hall–Kier alpha value is -2.47. The number of carbonyl (C=O) groups is 1. The number of hydrogen-bond acceptors (Lipinski definition) is 4. The van der Waals surface area contributed by atoms with Crippen LogP contribution in [0, 0.1) is 0 Å². The third kappa shape index (κ3) is 3.49. The fraction of sp³-hybridized carbons (Fsp3) is 0.316. The number of aromatic nitrogens is 3. The molecule has 128 valence electrons. The van der Waals surface area contributed by atoms with Gasteiger partial charge in [-0.1, -0.05) is 12.1 Å². The van der Waals surface area contributed by atoms with Crippen molar-refractivity contribution in [2.45, 2.75) is 25.3 Å². The van der Waals surface area contributed by atoms with Gasteiger partial charge in [0, 0.05) is 43.8 Å². The summed E-state index contributed by atoms with van der Waals surface area (Å²) in [7, 11) is 0. The van der Waals surface area contributed by atoms with E-state index in [1.54, 1.807) is 6.20 Å². The molecule has 3 aromatic rings. The van der Waals surface area contributed by atoms with Crippen LogP contribution >= 0.6 is 11.3 Å². The highest BCUT2D eigenvalue weighted by atomic mass is 32.1. The van der Waals surface area contributed by atoms with Crippen LogP contribution in [0.4, 0.5) is 0 Å². The quantitative estimate of drug-likeness (QED) is 0.723. The van der Waals surface area contributed by atoms with Crippen LogP contribution in [-0.2, 0) is 6.54 Å². The van der Waals surface area contributed by atoms with Gasteiger partial charge >= 0.3 is 0 Å². The van der Waals surface area contributed by atoms with Crippen molar-refractivity contribution in [1.82, 2.24) is 19.4 Å². The van der Waals surface area contributed by atoms with Crippen molar-refractivity contribution in [3.05, 3.63) is 70.7 Å². The van der Waals surface area contributed by atoms with Gasteiger partial charge in [-0.3, -0.25) is 9.78 Å². The molecule has 0 aromatic carbocycles. The minimum atomic E-state index is 0.144. The van der Waals surface area contributed by atoms with E-state index in [9.17, 15) is 4.79 Å². The third-order valence-corrected chi connectivity index (χ3v) is 5.49. The molecule has 1 atom stereocenters. The van der Waals surface area contributed by atoms with E-state index >= 15 is 0 Å². The van der Waals surface area contributed by atoms with Crippen LogP contribution in [0.15, 0.2) is 54.4 Å². The van der Waals surface area contributed by atoms with Gasteiger partial charge in [0.25, 0.3) is 5.91 Å². The minimum absolute atomic E-state index is 0.144. The summed E-state index contributed by atoms with van der Waals surface area (Å²) in [4.78, 5) is 24.2. The summed E-state index contributed by atoms with van der Waals surface area (Å²) in [6, 6.07) is 7.86. The Morgan fingerprint density at radius 1 is 1.28 bits per heavy atom. The Kier molecular flexibility index (Phi) is 4.61. The third-order valence-electron chi connectivity index (χ3n) is 4.63. The summed E-state index contributed by atoms with van der Waals surface area (Å²) in [6.07, 6.45) is 9.62. The zero-order valence-electron chi connectivity index (χ0n) is 13.9. The molecule has 6 heteroatoms. The first-order valence-corrected chi connectivity index (χ1v) is 9.42. The molecular formula is C19H20N4OS. The van der Waals surface area contributed by atoms with Crippen molar-refractivity contribution in [2.75, 3.05) is 13.1 Å². The van der Waals surface area contributed by atoms with Crippen LogP contribution in [0.1, 0.15) is 39.8 Å². The molecule has 1 saturated heterocycles. The first-order valence-electron chi connectivity index (χ1n) is 8.54. The molecule has 4 heterocycles. The maximum atomic E-state index is 12.7. The van der Waals surface area contributed by atoms with E-state index in [0.717, 1.165) is 48.7 Å². The highest BCUT2D eigenvalue weighted by molar-refractivity contribution is 7.12. The maximum absolute atomic E-state index is 12.7. The summed E-state index contributed by atoms with van der Waals surface area (Å²) in [6.45, 7) is 2.33. The average molecular weight is 352 g/mol. The fourth-order valence-electron chi connectivity index (χ4n) is 3.43. The van der Waals surface area contributed by atoms with Crippen LogP contribution in [0.5, 0.6) is 0 Å². The lowest BCUT2D eigenvalue weighted by Gasteiger charge is -2.32. The smallest absolute Gasteiger partial charge is 0.263 e. The molecule has 0 bridgehead atoms. The van der Waals surface area contributed by atoms with Gasteiger partial charge in [0.15, 0.2) is 0 Å². The number of likely N-dealkylation sites (tertiary alicyclic amines) is 1. The average Bonchev–Trinajstić information content (AvgIpc) is 3.34. The molecule has 0 N–H and O–H groups in total. The maximum Gasteiger partial charge on any atom is 0.263 e. The monoisotopic (exact) mass is 352 g/mol. The van der Waals surface area contributed by atoms with Crippen molar-refractivity contribution in [3.63, 3.8) is 0 Å². The van der Waals surface area contributed by atoms with Crippen LogP contribution in [0.3, 0.4) is 0 Å². The van der Waals surface area contributed by atoms with E-state index in [4.69, 9.17) is 0 Å². The highest BCUT2D eigenvalue weighted by Crippen LogP contribution is 2.27. The molecule has 1 aliphatic rings. The van der Waals surface area contributed by atoms with Crippen molar-refractivity contribution >= 4 is 17.2 Å². The Balaban J connectivity index is 1.50. The molecule has 25 heavy (non-hydrogen) atoms. The van der Waals surface area contributed by atoms with E-state index in [-0.39, 0.29) is 11.8 Å². The number of thiophene rings is 1. The Labute approximate surface area is 151 Å². The number of hydrogen-bond donors (Lipinski definition) is 0. The number of pyridine rings is 1. The predicted octanol–water partition coefficient (Wildman–Crippen LogP) is 3.41. The van der Waals surface area contributed by atoms with Gasteiger partial charge in [-0.15, -0.1) is 11.3 Å². The van der Waals surface area contributed by atoms with Crippen LogP contribution < -0.4 is 0 Å². The summed E-state index contributed by atoms with van der Waals surface area (Å²) in [5.74, 6) is 1.49. The Morgan fingerprint density at radius 2 is 2.24 bits per heavy atom. The molecule has 1 aliphatic heterocycles. The second-order valence-corrected chi connectivity index (χ2v) is 7.29. The molecule has 0 radical (unpaired) electrons. The first kappa shape index (κ1) is 16.0.